The van der Waals surface area contributed by atoms with E-state index in [0.29, 0.717) is 0 Å². The van der Waals surface area contributed by atoms with Gasteiger partial charge in [-0.2, -0.15) is 0 Å². The van der Waals surface area contributed by atoms with Crippen LogP contribution < -0.4 is 5.32 Å². The molecule has 165 valence electrons. The number of fused-ring (bicyclic) bond motifs is 8. The first kappa shape index (κ1) is 22.0. The second kappa shape index (κ2) is 10.4. The number of hydrogen-bond donors (Lipinski definition) is 3. The Morgan fingerprint density at radius 1 is 0.581 bits per heavy atom. The van der Waals surface area contributed by atoms with Gasteiger partial charge < -0.3 is 20.0 Å². The number of nitrogens with zero attached hydrogens (tertiary/aromatic N) is 2. The molecule has 31 heavy (non-hydrogen) atoms. The second-order valence-corrected chi connectivity index (χ2v) is 7.27. The maximum atomic E-state index is 5.01. The second-order valence-electron chi connectivity index (χ2n) is 7.27. The average molecular weight is 572 g/mol. The number of morpholine rings is 1. The number of hydrogen-bond acceptors (Lipinski definition) is 4. The molecule has 6 nitrogen and oxygen atoms in total. The number of nitrogens with one attached hydrogen (secondary N) is 3. The summed E-state index contributed by atoms with van der Waals surface area (Å²) in [5.74, 6) is 0. The molecule has 0 saturated carbocycles. The van der Waals surface area contributed by atoms with Gasteiger partial charge in [-0.15, -0.1) is 0 Å². The minimum atomic E-state index is 0. The molecule has 6 heterocycles. The Kier molecular flexibility index (Phi) is 7.35. The van der Waals surface area contributed by atoms with Gasteiger partial charge in [0.05, 0.1) is 36.0 Å². The Morgan fingerprint density at radius 2 is 1.00 bits per heavy atom. The smallest absolute Gasteiger partial charge is 0.0659 e. The number of H-pyrrole nitrogens is 2. The maximum Gasteiger partial charge on any atom is 0.0659 e. The molecule has 0 aromatic carbocycles. The molecule has 0 unspecified atom stereocenters. The summed E-state index contributed by atoms with van der Waals surface area (Å²) in [7, 11) is 0. The van der Waals surface area contributed by atoms with Crippen molar-refractivity contribution >= 4 is 46.4 Å². The summed E-state index contributed by atoms with van der Waals surface area (Å²) in [6, 6.07) is 16.4. The predicted octanol–water partition coefficient (Wildman–Crippen LogP) is 4.26. The fourth-order valence-electron chi connectivity index (χ4n) is 3.46. The van der Waals surface area contributed by atoms with Crippen LogP contribution in [0.25, 0.3) is 46.4 Å². The SMILES string of the molecule is C1=Cc2cc3ccc(cc4ccc(cc5nc(cc1n2)C=C5)[nH]4)[nH]3.C1COCCN1.[Lu]. The third kappa shape index (κ3) is 5.92. The fraction of sp³-hybridized carbons (Fsp3) is 0.167. The van der Waals surface area contributed by atoms with Crippen molar-refractivity contribution in [3.05, 3.63) is 71.3 Å². The summed E-state index contributed by atoms with van der Waals surface area (Å²) < 4.78 is 5.01. The van der Waals surface area contributed by atoms with Crippen molar-refractivity contribution in [3.63, 3.8) is 0 Å². The molecule has 3 aliphatic rings. The minimum Gasteiger partial charge on any atom is -0.379 e. The Morgan fingerprint density at radius 3 is 1.39 bits per heavy atom. The Balaban J connectivity index is 0.000000288. The molecule has 1 fully saturated rings. The van der Waals surface area contributed by atoms with E-state index >= 15 is 0 Å². The monoisotopic (exact) mass is 572 g/mol. The van der Waals surface area contributed by atoms with Gasteiger partial charge in [0.2, 0.25) is 0 Å². The molecule has 0 amide bonds. The normalized spacial score (nSPS) is 14.5. The summed E-state index contributed by atoms with van der Waals surface area (Å²) in [6.45, 7) is 3.83. The van der Waals surface area contributed by atoms with Crippen LogP contribution in [0.3, 0.4) is 0 Å². The van der Waals surface area contributed by atoms with E-state index in [1.807, 2.05) is 42.5 Å². The average Bonchev–Trinajstić information content (AvgIpc) is 3.56. The third-order valence-electron chi connectivity index (χ3n) is 4.89. The fourth-order valence-corrected chi connectivity index (χ4v) is 3.46. The molecule has 3 aromatic rings. The van der Waals surface area contributed by atoms with Crippen molar-refractivity contribution in [1.29, 1.82) is 0 Å². The maximum absolute atomic E-state index is 5.01. The molecule has 6 rings (SSSR count). The van der Waals surface area contributed by atoms with Crippen LogP contribution in [0, 0.1) is 36.9 Å². The predicted molar refractivity (Wildman–Crippen MR) is 123 cm³/mol. The first-order chi connectivity index (χ1) is 14.8. The largest absolute Gasteiger partial charge is 0.379 e. The van der Waals surface area contributed by atoms with Crippen molar-refractivity contribution in [3.8, 4) is 0 Å². The van der Waals surface area contributed by atoms with Gasteiger partial charge in [0.15, 0.2) is 0 Å². The molecule has 0 spiro atoms. The number of rotatable bonds is 0. The van der Waals surface area contributed by atoms with Gasteiger partial charge in [-0.3, -0.25) is 0 Å². The van der Waals surface area contributed by atoms with Crippen molar-refractivity contribution in [2.45, 2.75) is 0 Å². The molecule has 0 aliphatic carbocycles. The van der Waals surface area contributed by atoms with E-state index in [2.05, 4.69) is 55.6 Å². The molecule has 1 radical (unpaired) electrons. The number of ether oxygens (including phenoxy) is 1. The van der Waals surface area contributed by atoms with Gasteiger partial charge in [0.1, 0.15) is 0 Å². The zero-order chi connectivity index (χ0) is 20.2. The van der Waals surface area contributed by atoms with E-state index in [1.165, 1.54) is 0 Å². The molecule has 3 aromatic heterocycles. The van der Waals surface area contributed by atoms with Gasteiger partial charge in [-0.25, -0.2) is 9.97 Å². The zero-order valence-electron chi connectivity index (χ0n) is 16.8. The van der Waals surface area contributed by atoms with Crippen LogP contribution >= 0.6 is 0 Å². The van der Waals surface area contributed by atoms with Crippen molar-refractivity contribution < 1.29 is 41.6 Å². The number of aromatic amines is 2. The van der Waals surface area contributed by atoms with E-state index in [0.717, 1.165) is 71.1 Å². The van der Waals surface area contributed by atoms with Crippen LogP contribution in [0.1, 0.15) is 22.8 Å². The molecular formula is C24H23LuN5O. The topological polar surface area (TPSA) is 78.6 Å². The van der Waals surface area contributed by atoms with E-state index in [-0.39, 0.29) is 36.9 Å². The van der Waals surface area contributed by atoms with Crippen LogP contribution in [0.5, 0.6) is 0 Å². The minimum absolute atomic E-state index is 0. The van der Waals surface area contributed by atoms with Crippen LogP contribution in [0.2, 0.25) is 0 Å². The molecule has 0 atom stereocenters. The first-order valence-corrected chi connectivity index (χ1v) is 10.1. The van der Waals surface area contributed by atoms with Gasteiger partial charge in [-0.1, -0.05) is 0 Å². The first-order valence-electron chi connectivity index (χ1n) is 10.1. The van der Waals surface area contributed by atoms with Crippen molar-refractivity contribution in [2.24, 2.45) is 0 Å². The standard InChI is InChI=1S/C20H14N4.C4H9NO.Lu/c1-2-14-10-16-5-6-18(23-16)12-20-8-7-19(24-20)11-17-4-3-15(22-17)9-13(1)21-14;1-3-6-4-2-5-1;/h1-12,21-22H;5H,1-4H2;. The van der Waals surface area contributed by atoms with Gasteiger partial charge >= 0.3 is 0 Å². The Hall–Kier alpha value is -2.25. The summed E-state index contributed by atoms with van der Waals surface area (Å²) in [5.41, 5.74) is 7.86. The van der Waals surface area contributed by atoms with Crippen LogP contribution in [-0.2, 0) is 4.74 Å². The molecule has 7 heteroatoms. The molecule has 3 aliphatic heterocycles. The third-order valence-corrected chi connectivity index (χ3v) is 4.89. The molecule has 1 saturated heterocycles. The quantitative estimate of drug-likeness (QED) is 0.259. The number of aromatic nitrogens is 4. The van der Waals surface area contributed by atoms with Gasteiger partial charge in [0.25, 0.3) is 0 Å². The van der Waals surface area contributed by atoms with Crippen LogP contribution in [0.15, 0.2) is 48.5 Å². The van der Waals surface area contributed by atoms with Gasteiger partial charge in [-0.05, 0) is 72.8 Å². The van der Waals surface area contributed by atoms with Gasteiger partial charge in [0, 0.05) is 72.0 Å². The summed E-state index contributed by atoms with van der Waals surface area (Å²) in [5, 5.41) is 3.16. The molecule has 8 bridgehead atoms. The molecule has 3 N–H and O–H groups in total. The Bertz CT molecular complexity index is 1170. The van der Waals surface area contributed by atoms with Crippen molar-refractivity contribution in [1.82, 2.24) is 25.3 Å². The van der Waals surface area contributed by atoms with Crippen molar-refractivity contribution in [2.75, 3.05) is 26.3 Å². The van der Waals surface area contributed by atoms with E-state index in [4.69, 9.17) is 4.74 Å². The van der Waals surface area contributed by atoms with Crippen LogP contribution in [0.4, 0.5) is 0 Å². The van der Waals surface area contributed by atoms with E-state index in [1.54, 1.807) is 0 Å². The summed E-state index contributed by atoms with van der Waals surface area (Å²) >= 11 is 0. The summed E-state index contributed by atoms with van der Waals surface area (Å²) in [4.78, 5) is 16.0. The summed E-state index contributed by atoms with van der Waals surface area (Å²) in [6.07, 6.45) is 8.05. The molecular weight excluding hydrogens is 549 g/mol. The van der Waals surface area contributed by atoms with E-state index < -0.39 is 0 Å². The zero-order valence-corrected chi connectivity index (χ0v) is 18.5. The van der Waals surface area contributed by atoms with E-state index in [9.17, 15) is 0 Å². The Labute approximate surface area is 209 Å². The van der Waals surface area contributed by atoms with Crippen LogP contribution in [-0.4, -0.2) is 46.2 Å².